The molecule has 1 saturated heterocycles. The van der Waals surface area contributed by atoms with E-state index >= 15 is 0 Å². The Morgan fingerprint density at radius 3 is 2.76 bits per heavy atom. The highest BCUT2D eigenvalue weighted by Gasteiger charge is 2.36. The lowest BCUT2D eigenvalue weighted by Gasteiger charge is -2.36. The summed E-state index contributed by atoms with van der Waals surface area (Å²) in [6, 6.07) is 7.15. The van der Waals surface area contributed by atoms with E-state index in [1.807, 2.05) is 6.07 Å². The van der Waals surface area contributed by atoms with E-state index in [0.717, 1.165) is 5.56 Å². The van der Waals surface area contributed by atoms with Gasteiger partial charge >= 0.3 is 0 Å². The Balaban J connectivity index is 2.17. The first kappa shape index (κ1) is 12.8. The molecule has 17 heavy (non-hydrogen) atoms. The summed E-state index contributed by atoms with van der Waals surface area (Å²) in [6.07, 6.45) is -2.77. The number of hydrogen-bond donors (Lipinski definition) is 3. The first-order valence-electron chi connectivity index (χ1n) is 5.49. The van der Waals surface area contributed by atoms with Crippen molar-refractivity contribution in [2.75, 3.05) is 6.61 Å². The molecule has 94 valence electrons. The fraction of sp³-hybridized carbons (Fsp3) is 0.500. The van der Waals surface area contributed by atoms with Gasteiger partial charge in [0.2, 0.25) is 0 Å². The summed E-state index contributed by atoms with van der Waals surface area (Å²) in [4.78, 5) is 0. The summed E-state index contributed by atoms with van der Waals surface area (Å²) in [5.41, 5.74) is 0.835. The maximum atomic E-state index is 9.71. The van der Waals surface area contributed by atoms with Crippen molar-refractivity contribution >= 4 is 11.6 Å². The summed E-state index contributed by atoms with van der Waals surface area (Å²) >= 11 is 5.88. The van der Waals surface area contributed by atoms with E-state index in [4.69, 9.17) is 21.4 Å². The van der Waals surface area contributed by atoms with Crippen LogP contribution in [0, 0.1) is 0 Å². The molecule has 0 aliphatic carbocycles. The van der Waals surface area contributed by atoms with Crippen molar-refractivity contribution in [2.24, 2.45) is 0 Å². The highest BCUT2D eigenvalue weighted by molar-refractivity contribution is 6.30. The van der Waals surface area contributed by atoms with Gasteiger partial charge in [-0.3, -0.25) is 0 Å². The molecule has 2 rings (SSSR count). The van der Waals surface area contributed by atoms with Gasteiger partial charge in [-0.2, -0.15) is 0 Å². The van der Waals surface area contributed by atoms with Gasteiger partial charge in [-0.15, -0.1) is 0 Å². The SMILES string of the molecule is OC[C@H]1OC(c2cccc(Cl)c2)C[C@@H](O)[C@@H]1O. The summed E-state index contributed by atoms with van der Waals surface area (Å²) in [5.74, 6) is 0. The molecule has 1 aliphatic rings. The van der Waals surface area contributed by atoms with Crippen LogP contribution in [0.5, 0.6) is 0 Å². The molecule has 1 heterocycles. The van der Waals surface area contributed by atoms with Crippen molar-refractivity contribution in [1.29, 1.82) is 0 Å². The molecule has 1 fully saturated rings. The monoisotopic (exact) mass is 258 g/mol. The Labute approximate surface area is 104 Å². The molecule has 1 aliphatic heterocycles. The van der Waals surface area contributed by atoms with Gasteiger partial charge in [-0.25, -0.2) is 0 Å². The highest BCUT2D eigenvalue weighted by atomic mass is 35.5. The van der Waals surface area contributed by atoms with Crippen molar-refractivity contribution in [3.05, 3.63) is 34.9 Å². The number of hydrogen-bond acceptors (Lipinski definition) is 4. The average molecular weight is 259 g/mol. The van der Waals surface area contributed by atoms with E-state index in [9.17, 15) is 10.2 Å². The Bertz CT molecular complexity index is 385. The van der Waals surface area contributed by atoms with E-state index < -0.39 is 18.3 Å². The van der Waals surface area contributed by atoms with Crippen LogP contribution < -0.4 is 0 Å². The predicted octanol–water partition coefficient (Wildman–Crippen LogP) is 0.884. The molecule has 0 radical (unpaired) electrons. The third-order valence-electron chi connectivity index (χ3n) is 2.97. The fourth-order valence-corrected chi connectivity index (χ4v) is 2.22. The highest BCUT2D eigenvalue weighted by Crippen LogP contribution is 2.32. The Kier molecular flexibility index (Phi) is 4.01. The van der Waals surface area contributed by atoms with Crippen molar-refractivity contribution in [1.82, 2.24) is 0 Å². The van der Waals surface area contributed by atoms with Gasteiger partial charge < -0.3 is 20.1 Å². The molecule has 5 heteroatoms. The second kappa shape index (κ2) is 5.33. The molecule has 4 nitrogen and oxygen atoms in total. The summed E-state index contributed by atoms with van der Waals surface area (Å²) < 4.78 is 5.54. The van der Waals surface area contributed by atoms with E-state index in [1.165, 1.54) is 0 Å². The maximum Gasteiger partial charge on any atom is 0.110 e. The smallest absolute Gasteiger partial charge is 0.110 e. The second-order valence-electron chi connectivity index (χ2n) is 4.19. The van der Waals surface area contributed by atoms with E-state index in [2.05, 4.69) is 0 Å². The Morgan fingerprint density at radius 1 is 1.35 bits per heavy atom. The van der Waals surface area contributed by atoms with Gasteiger partial charge in [-0.1, -0.05) is 23.7 Å². The largest absolute Gasteiger partial charge is 0.394 e. The van der Waals surface area contributed by atoms with Crippen LogP contribution >= 0.6 is 11.6 Å². The normalized spacial score (nSPS) is 33.6. The van der Waals surface area contributed by atoms with Crippen LogP contribution in [0.4, 0.5) is 0 Å². The molecular weight excluding hydrogens is 244 g/mol. The first-order chi connectivity index (χ1) is 8.11. The van der Waals surface area contributed by atoms with Crippen LogP contribution in [-0.4, -0.2) is 40.2 Å². The van der Waals surface area contributed by atoms with Crippen LogP contribution in [0.3, 0.4) is 0 Å². The lowest BCUT2D eigenvalue weighted by molar-refractivity contribution is -0.181. The van der Waals surface area contributed by atoms with Crippen molar-refractivity contribution in [2.45, 2.75) is 30.8 Å². The third-order valence-corrected chi connectivity index (χ3v) is 3.21. The molecule has 0 bridgehead atoms. The second-order valence-corrected chi connectivity index (χ2v) is 4.63. The minimum atomic E-state index is -1.05. The van der Waals surface area contributed by atoms with E-state index in [1.54, 1.807) is 18.2 Å². The van der Waals surface area contributed by atoms with Gasteiger partial charge in [0.1, 0.15) is 12.2 Å². The molecule has 0 spiro atoms. The summed E-state index contributed by atoms with van der Waals surface area (Å²) in [5, 5.41) is 29.0. The maximum absolute atomic E-state index is 9.71. The van der Waals surface area contributed by atoms with E-state index in [0.29, 0.717) is 5.02 Å². The van der Waals surface area contributed by atoms with Crippen LogP contribution in [0.1, 0.15) is 18.1 Å². The van der Waals surface area contributed by atoms with Crippen LogP contribution in [0.15, 0.2) is 24.3 Å². The third kappa shape index (κ3) is 2.78. The molecule has 0 saturated carbocycles. The topological polar surface area (TPSA) is 69.9 Å². The number of halogens is 1. The molecule has 0 aromatic heterocycles. The number of aliphatic hydroxyl groups is 3. The molecule has 1 unspecified atom stereocenters. The first-order valence-corrected chi connectivity index (χ1v) is 5.87. The lowest BCUT2D eigenvalue weighted by atomic mass is 9.94. The van der Waals surface area contributed by atoms with E-state index in [-0.39, 0.29) is 19.1 Å². The van der Waals surface area contributed by atoms with Crippen molar-refractivity contribution in [3.8, 4) is 0 Å². The van der Waals surface area contributed by atoms with Crippen LogP contribution in [0.2, 0.25) is 5.02 Å². The van der Waals surface area contributed by atoms with Crippen molar-refractivity contribution < 1.29 is 20.1 Å². The molecular formula is C12H15ClO4. The number of ether oxygens (including phenoxy) is 1. The molecule has 1 aromatic rings. The van der Waals surface area contributed by atoms with Gasteiger partial charge in [0.05, 0.1) is 18.8 Å². The molecule has 3 N–H and O–H groups in total. The number of aliphatic hydroxyl groups excluding tert-OH is 3. The minimum absolute atomic E-state index is 0.290. The van der Waals surface area contributed by atoms with Gasteiger partial charge in [0.15, 0.2) is 0 Å². The standard InChI is InChI=1S/C12H15ClO4/c13-8-3-1-2-7(4-8)10-5-9(15)12(16)11(6-14)17-10/h1-4,9-12,14-16H,5-6H2/t9-,10?,11-,12+/m1/s1. The molecule has 1 aromatic carbocycles. The Morgan fingerprint density at radius 2 is 2.12 bits per heavy atom. The molecule has 4 atom stereocenters. The van der Waals surface area contributed by atoms with Gasteiger partial charge in [0, 0.05) is 11.4 Å². The molecule has 0 amide bonds. The van der Waals surface area contributed by atoms with Crippen LogP contribution in [0.25, 0.3) is 0 Å². The summed E-state index contributed by atoms with van der Waals surface area (Å²) in [6.45, 7) is -0.324. The quantitative estimate of drug-likeness (QED) is 0.737. The fourth-order valence-electron chi connectivity index (χ4n) is 2.03. The number of benzene rings is 1. The Hall–Kier alpha value is -0.650. The van der Waals surface area contributed by atoms with Crippen LogP contribution in [-0.2, 0) is 4.74 Å². The number of rotatable bonds is 2. The minimum Gasteiger partial charge on any atom is -0.394 e. The summed E-state index contributed by atoms with van der Waals surface area (Å²) in [7, 11) is 0. The van der Waals surface area contributed by atoms with Crippen molar-refractivity contribution in [3.63, 3.8) is 0 Å². The zero-order valence-corrected chi connectivity index (χ0v) is 9.92. The lowest BCUT2D eigenvalue weighted by Crippen LogP contribution is -2.47. The zero-order valence-electron chi connectivity index (χ0n) is 9.16. The van der Waals surface area contributed by atoms with Gasteiger partial charge in [-0.05, 0) is 17.7 Å². The average Bonchev–Trinajstić information content (AvgIpc) is 2.32. The predicted molar refractivity (Wildman–Crippen MR) is 62.8 cm³/mol. The van der Waals surface area contributed by atoms with Gasteiger partial charge in [0.25, 0.3) is 0 Å². The zero-order chi connectivity index (χ0) is 12.4.